The number of benzene rings is 1. The maximum absolute atomic E-state index is 12.4. The van der Waals surface area contributed by atoms with Crippen LogP contribution in [0.25, 0.3) is 11.0 Å². The molecule has 0 aliphatic carbocycles. The quantitative estimate of drug-likeness (QED) is 0.567. The van der Waals surface area contributed by atoms with Crippen molar-refractivity contribution in [3.8, 4) is 5.75 Å². The summed E-state index contributed by atoms with van der Waals surface area (Å²) in [4.78, 5) is 23.4. The summed E-state index contributed by atoms with van der Waals surface area (Å²) in [6.07, 6.45) is 4.15. The van der Waals surface area contributed by atoms with Gasteiger partial charge in [0.15, 0.2) is 6.10 Å². The van der Waals surface area contributed by atoms with Gasteiger partial charge in [0, 0.05) is 16.5 Å². The molecule has 0 bridgehead atoms. The van der Waals surface area contributed by atoms with E-state index < -0.39 is 12.1 Å². The number of hydrogen-bond acceptors (Lipinski definition) is 4. The van der Waals surface area contributed by atoms with Crippen molar-refractivity contribution in [1.29, 1.82) is 0 Å². The van der Waals surface area contributed by atoms with E-state index in [9.17, 15) is 9.59 Å². The molecule has 1 aromatic heterocycles. The molecule has 1 heterocycles. The van der Waals surface area contributed by atoms with Crippen molar-refractivity contribution in [2.75, 3.05) is 0 Å². The van der Waals surface area contributed by atoms with Crippen LogP contribution in [0.3, 0.4) is 0 Å². The first-order valence-electron chi connectivity index (χ1n) is 8.82. The van der Waals surface area contributed by atoms with Gasteiger partial charge in [-0.2, -0.15) is 0 Å². The fraction of sp³-hybridized carbons (Fsp3) is 0.500. The van der Waals surface area contributed by atoms with Gasteiger partial charge in [0.1, 0.15) is 11.3 Å². The zero-order valence-corrected chi connectivity index (χ0v) is 15.3. The van der Waals surface area contributed by atoms with Crippen LogP contribution in [-0.2, 0) is 11.2 Å². The Morgan fingerprint density at radius 1 is 1.20 bits per heavy atom. The maximum atomic E-state index is 12.4. The third-order valence-electron chi connectivity index (χ3n) is 4.59. The lowest BCUT2D eigenvalue weighted by atomic mass is 9.99. The highest BCUT2D eigenvalue weighted by molar-refractivity contribution is 5.85. The molecule has 136 valence electrons. The van der Waals surface area contributed by atoms with Crippen molar-refractivity contribution in [2.24, 2.45) is 0 Å². The van der Waals surface area contributed by atoms with Crippen LogP contribution in [-0.4, -0.2) is 17.2 Å². The third kappa shape index (κ3) is 4.21. The third-order valence-corrected chi connectivity index (χ3v) is 4.59. The minimum absolute atomic E-state index is 0.312. The first-order chi connectivity index (χ1) is 11.9. The van der Waals surface area contributed by atoms with E-state index in [1.54, 1.807) is 13.0 Å². The molecule has 0 spiro atoms. The highest BCUT2D eigenvalue weighted by Crippen LogP contribution is 2.30. The van der Waals surface area contributed by atoms with Gasteiger partial charge in [-0.25, -0.2) is 9.59 Å². The molecular weight excluding hydrogens is 320 g/mol. The summed E-state index contributed by atoms with van der Waals surface area (Å²) < 4.78 is 11.0. The fourth-order valence-electron chi connectivity index (χ4n) is 2.96. The lowest BCUT2D eigenvalue weighted by molar-refractivity contribution is -0.144. The largest absolute Gasteiger partial charge is 0.479 e. The van der Waals surface area contributed by atoms with E-state index in [-0.39, 0.29) is 5.63 Å². The average molecular weight is 346 g/mol. The van der Waals surface area contributed by atoms with Gasteiger partial charge in [-0.05, 0) is 51.3 Å². The van der Waals surface area contributed by atoms with Crippen LogP contribution < -0.4 is 10.4 Å². The van der Waals surface area contributed by atoms with Crippen molar-refractivity contribution in [3.05, 3.63) is 39.2 Å². The van der Waals surface area contributed by atoms with Crippen molar-refractivity contribution in [2.45, 2.75) is 65.9 Å². The Bertz CT molecular complexity index is 819. The number of aliphatic carboxylic acids is 1. The normalized spacial score (nSPS) is 12.3. The second kappa shape index (κ2) is 8.19. The minimum Gasteiger partial charge on any atom is -0.479 e. The number of fused-ring (bicyclic) bond motifs is 1. The van der Waals surface area contributed by atoms with Crippen LogP contribution >= 0.6 is 0 Å². The van der Waals surface area contributed by atoms with E-state index in [2.05, 4.69) is 6.92 Å². The lowest BCUT2D eigenvalue weighted by Crippen LogP contribution is -2.23. The minimum atomic E-state index is -1.04. The Hall–Kier alpha value is -2.30. The number of carboxylic acids is 1. The smallest absolute Gasteiger partial charge is 0.344 e. The molecule has 1 N–H and O–H groups in total. The molecule has 2 aromatic rings. The first kappa shape index (κ1) is 19.0. The summed E-state index contributed by atoms with van der Waals surface area (Å²) >= 11 is 0. The summed E-state index contributed by atoms with van der Waals surface area (Å²) in [5.74, 6) is -0.625. The van der Waals surface area contributed by atoms with Crippen molar-refractivity contribution in [3.63, 3.8) is 0 Å². The molecule has 25 heavy (non-hydrogen) atoms. The molecule has 0 aliphatic rings. The van der Waals surface area contributed by atoms with Gasteiger partial charge in [-0.15, -0.1) is 0 Å². The van der Waals surface area contributed by atoms with Gasteiger partial charge in [-0.1, -0.05) is 26.2 Å². The van der Waals surface area contributed by atoms with E-state index >= 15 is 0 Å². The molecule has 0 saturated heterocycles. The van der Waals surface area contributed by atoms with E-state index in [1.807, 2.05) is 13.0 Å². The standard InChI is InChI=1S/C20H26O5/c1-5-6-7-8-9-16-12(2)15-10-11-17(24-14(4)19(21)22)13(3)18(15)25-20(16)23/h10-11,14H,5-9H2,1-4H3,(H,21,22)/t14-/m0/s1. The van der Waals surface area contributed by atoms with Crippen LogP contribution in [0, 0.1) is 13.8 Å². The second-order valence-corrected chi connectivity index (χ2v) is 6.47. The van der Waals surface area contributed by atoms with Crippen LogP contribution in [0.1, 0.15) is 56.2 Å². The molecular formula is C20H26O5. The zero-order valence-electron chi connectivity index (χ0n) is 15.3. The van der Waals surface area contributed by atoms with Gasteiger partial charge in [0.05, 0.1) is 0 Å². The molecule has 0 fully saturated rings. The van der Waals surface area contributed by atoms with Gasteiger partial charge in [0.2, 0.25) is 0 Å². The molecule has 0 aliphatic heterocycles. The summed E-state index contributed by atoms with van der Waals surface area (Å²) in [7, 11) is 0. The number of rotatable bonds is 8. The van der Waals surface area contributed by atoms with Crippen LogP contribution in [0.5, 0.6) is 5.75 Å². The Balaban J connectivity index is 2.39. The monoisotopic (exact) mass is 346 g/mol. The highest BCUT2D eigenvalue weighted by atomic mass is 16.5. The number of aryl methyl sites for hydroxylation is 2. The second-order valence-electron chi connectivity index (χ2n) is 6.47. The Labute approximate surface area is 147 Å². The lowest BCUT2D eigenvalue weighted by Gasteiger charge is -2.15. The van der Waals surface area contributed by atoms with E-state index in [0.29, 0.717) is 16.9 Å². The van der Waals surface area contributed by atoms with Gasteiger partial charge >= 0.3 is 11.6 Å². The molecule has 1 aromatic carbocycles. The molecule has 0 amide bonds. The van der Waals surface area contributed by atoms with Crippen LogP contribution in [0.2, 0.25) is 0 Å². The summed E-state index contributed by atoms with van der Waals surface area (Å²) in [6.45, 7) is 7.33. The van der Waals surface area contributed by atoms with Gasteiger partial charge < -0.3 is 14.3 Å². The molecule has 5 heteroatoms. The summed E-state index contributed by atoms with van der Waals surface area (Å²) in [5.41, 5.74) is 2.46. The zero-order chi connectivity index (χ0) is 18.6. The molecule has 2 rings (SSSR count). The number of unbranched alkanes of at least 4 members (excludes halogenated alkanes) is 3. The topological polar surface area (TPSA) is 76.7 Å². The SMILES string of the molecule is CCCCCCc1c(C)c2ccc(O[C@@H](C)C(=O)O)c(C)c2oc1=O. The Kier molecular flexibility index (Phi) is 6.23. The first-order valence-corrected chi connectivity index (χ1v) is 8.82. The molecule has 0 saturated carbocycles. The predicted molar refractivity (Wildman–Crippen MR) is 97.5 cm³/mol. The summed E-state index contributed by atoms with van der Waals surface area (Å²) in [5, 5.41) is 9.87. The van der Waals surface area contributed by atoms with Crippen LogP contribution in [0.15, 0.2) is 21.3 Å². The van der Waals surface area contributed by atoms with Crippen molar-refractivity contribution < 1.29 is 19.1 Å². The van der Waals surface area contributed by atoms with Crippen molar-refractivity contribution in [1.82, 2.24) is 0 Å². The molecule has 1 atom stereocenters. The molecule has 0 unspecified atom stereocenters. The number of hydrogen-bond donors (Lipinski definition) is 1. The fourth-order valence-corrected chi connectivity index (χ4v) is 2.96. The Morgan fingerprint density at radius 2 is 1.92 bits per heavy atom. The van der Waals surface area contributed by atoms with Crippen molar-refractivity contribution >= 4 is 16.9 Å². The van der Waals surface area contributed by atoms with Gasteiger partial charge in [-0.3, -0.25) is 0 Å². The van der Waals surface area contributed by atoms with Gasteiger partial charge in [0.25, 0.3) is 0 Å². The Morgan fingerprint density at radius 3 is 2.56 bits per heavy atom. The maximum Gasteiger partial charge on any atom is 0.344 e. The number of carbonyl (C=O) groups is 1. The number of ether oxygens (including phenoxy) is 1. The highest BCUT2D eigenvalue weighted by Gasteiger charge is 2.18. The number of carboxylic acid groups (broad SMARTS) is 1. The van der Waals surface area contributed by atoms with E-state index in [1.165, 1.54) is 13.3 Å². The summed E-state index contributed by atoms with van der Waals surface area (Å²) in [6, 6.07) is 3.57. The van der Waals surface area contributed by atoms with E-state index in [0.717, 1.165) is 42.2 Å². The predicted octanol–water partition coefficient (Wildman–Crippen LogP) is 4.38. The van der Waals surface area contributed by atoms with Crippen LogP contribution in [0.4, 0.5) is 0 Å². The molecule has 0 radical (unpaired) electrons. The van der Waals surface area contributed by atoms with E-state index in [4.69, 9.17) is 14.3 Å². The molecule has 5 nitrogen and oxygen atoms in total. The average Bonchev–Trinajstić information content (AvgIpc) is 2.57.